The maximum absolute atomic E-state index is 11.3. The van der Waals surface area contributed by atoms with E-state index in [4.69, 9.17) is 8.83 Å². The minimum atomic E-state index is -0.627. The summed E-state index contributed by atoms with van der Waals surface area (Å²) in [4.78, 5) is 21.3. The number of rotatable bonds is 5. The molecule has 1 unspecified atom stereocenters. The SMILES string of the molecule is CNC(c1ccc(C(=O)OC)o1)c1ccc([N+](=O)[O-])o1. The van der Waals surface area contributed by atoms with Crippen molar-refractivity contribution < 1.29 is 23.3 Å². The third-order valence-electron chi connectivity index (χ3n) is 2.66. The first kappa shape index (κ1) is 13.8. The molecule has 0 aliphatic carbocycles. The van der Waals surface area contributed by atoms with Crippen LogP contribution in [-0.4, -0.2) is 25.1 Å². The quantitative estimate of drug-likeness (QED) is 0.506. The van der Waals surface area contributed by atoms with Crippen LogP contribution >= 0.6 is 0 Å². The Balaban J connectivity index is 2.29. The van der Waals surface area contributed by atoms with Gasteiger partial charge in [0.05, 0.1) is 13.2 Å². The van der Waals surface area contributed by atoms with Crippen molar-refractivity contribution in [1.82, 2.24) is 5.32 Å². The van der Waals surface area contributed by atoms with Gasteiger partial charge in [0.25, 0.3) is 0 Å². The molecule has 2 heterocycles. The van der Waals surface area contributed by atoms with E-state index < -0.39 is 16.9 Å². The van der Waals surface area contributed by atoms with Crippen molar-refractivity contribution in [2.75, 3.05) is 14.2 Å². The molecule has 2 rings (SSSR count). The standard InChI is InChI=1S/C12H12N2O6/c1-13-11(8-5-6-10(20-8)14(16)17)7-3-4-9(19-7)12(15)18-2/h3-6,11,13H,1-2H3. The van der Waals surface area contributed by atoms with Crippen LogP contribution in [0.15, 0.2) is 33.1 Å². The van der Waals surface area contributed by atoms with Crippen molar-refractivity contribution in [3.63, 3.8) is 0 Å². The fourth-order valence-electron chi connectivity index (χ4n) is 1.74. The number of hydrogen-bond donors (Lipinski definition) is 1. The molecule has 106 valence electrons. The summed E-state index contributed by atoms with van der Waals surface area (Å²) < 4.78 is 15.0. The van der Waals surface area contributed by atoms with Gasteiger partial charge in [-0.2, -0.15) is 0 Å². The van der Waals surface area contributed by atoms with E-state index in [-0.39, 0.29) is 11.6 Å². The highest BCUT2D eigenvalue weighted by atomic mass is 16.6. The number of esters is 1. The minimum absolute atomic E-state index is 0.0452. The molecule has 0 radical (unpaired) electrons. The molecule has 2 aromatic heterocycles. The van der Waals surface area contributed by atoms with Crippen molar-refractivity contribution >= 4 is 11.9 Å². The second kappa shape index (κ2) is 5.57. The molecular weight excluding hydrogens is 268 g/mol. The van der Waals surface area contributed by atoms with Gasteiger partial charge < -0.3 is 18.9 Å². The Labute approximate surface area is 113 Å². The molecule has 0 amide bonds. The molecule has 2 aromatic rings. The first-order valence-corrected chi connectivity index (χ1v) is 5.66. The lowest BCUT2D eigenvalue weighted by Gasteiger charge is -2.09. The third-order valence-corrected chi connectivity index (χ3v) is 2.66. The van der Waals surface area contributed by atoms with Crippen LogP contribution in [0.3, 0.4) is 0 Å². The zero-order valence-electron chi connectivity index (χ0n) is 10.8. The third kappa shape index (κ3) is 2.54. The van der Waals surface area contributed by atoms with Gasteiger partial charge in [0.15, 0.2) is 0 Å². The van der Waals surface area contributed by atoms with E-state index in [2.05, 4.69) is 10.1 Å². The molecule has 0 fully saturated rings. The van der Waals surface area contributed by atoms with Gasteiger partial charge in [-0.1, -0.05) is 0 Å². The van der Waals surface area contributed by atoms with E-state index >= 15 is 0 Å². The zero-order chi connectivity index (χ0) is 14.7. The number of nitrogens with one attached hydrogen (secondary N) is 1. The first-order chi connectivity index (χ1) is 9.56. The normalized spacial score (nSPS) is 12.1. The summed E-state index contributed by atoms with van der Waals surface area (Å²) in [7, 11) is 2.88. The number of furan rings is 2. The molecule has 0 saturated carbocycles. The average Bonchev–Trinajstić information content (AvgIpc) is 3.08. The highest BCUT2D eigenvalue weighted by Crippen LogP contribution is 2.28. The highest BCUT2D eigenvalue weighted by Gasteiger charge is 2.24. The van der Waals surface area contributed by atoms with E-state index in [9.17, 15) is 14.9 Å². The maximum atomic E-state index is 11.3. The monoisotopic (exact) mass is 280 g/mol. The fourth-order valence-corrected chi connectivity index (χ4v) is 1.74. The lowest BCUT2D eigenvalue weighted by molar-refractivity contribution is -0.402. The fraction of sp³-hybridized carbons (Fsp3) is 0.250. The van der Waals surface area contributed by atoms with Gasteiger partial charge in [-0.25, -0.2) is 4.79 Å². The minimum Gasteiger partial charge on any atom is -0.463 e. The predicted molar refractivity (Wildman–Crippen MR) is 66.3 cm³/mol. The lowest BCUT2D eigenvalue weighted by Crippen LogP contribution is -2.16. The van der Waals surface area contributed by atoms with Crippen molar-refractivity contribution in [3.8, 4) is 0 Å². The van der Waals surface area contributed by atoms with Crippen LogP contribution in [0, 0.1) is 10.1 Å². The Hall–Kier alpha value is -2.61. The van der Waals surface area contributed by atoms with Crippen molar-refractivity contribution in [2.45, 2.75) is 6.04 Å². The average molecular weight is 280 g/mol. The van der Waals surface area contributed by atoms with E-state index in [0.717, 1.165) is 0 Å². The number of nitro groups is 1. The van der Waals surface area contributed by atoms with Gasteiger partial charge in [0.1, 0.15) is 22.5 Å². The summed E-state index contributed by atoms with van der Waals surface area (Å²) in [5.41, 5.74) is 0. The molecule has 0 saturated heterocycles. The zero-order valence-corrected chi connectivity index (χ0v) is 10.8. The summed E-state index contributed by atoms with van der Waals surface area (Å²) in [6.45, 7) is 0. The molecule has 20 heavy (non-hydrogen) atoms. The van der Waals surface area contributed by atoms with Crippen molar-refractivity contribution in [3.05, 3.63) is 51.7 Å². The molecule has 8 nitrogen and oxygen atoms in total. The van der Waals surface area contributed by atoms with Gasteiger partial charge in [0.2, 0.25) is 5.76 Å². The van der Waals surface area contributed by atoms with Gasteiger partial charge >= 0.3 is 11.9 Å². The largest absolute Gasteiger partial charge is 0.463 e. The number of carbonyl (C=O) groups excluding carboxylic acids is 1. The molecule has 8 heteroatoms. The number of methoxy groups -OCH3 is 1. The van der Waals surface area contributed by atoms with Gasteiger partial charge in [-0.05, 0) is 25.2 Å². The lowest BCUT2D eigenvalue weighted by atomic mass is 10.2. The van der Waals surface area contributed by atoms with Crippen LogP contribution in [-0.2, 0) is 4.74 Å². The number of hydrogen-bond acceptors (Lipinski definition) is 7. The van der Waals surface area contributed by atoms with Crippen LogP contribution < -0.4 is 5.32 Å². The van der Waals surface area contributed by atoms with E-state index in [1.807, 2.05) is 0 Å². The Morgan fingerprint density at radius 2 is 1.95 bits per heavy atom. The molecule has 0 aliphatic rings. The molecule has 0 spiro atoms. The Bertz CT molecular complexity index is 629. The van der Waals surface area contributed by atoms with Crippen molar-refractivity contribution in [1.29, 1.82) is 0 Å². The summed E-state index contributed by atoms with van der Waals surface area (Å²) in [5.74, 6) is -0.220. The number of nitrogens with zero attached hydrogens (tertiary/aromatic N) is 1. The summed E-state index contributed by atoms with van der Waals surface area (Å²) >= 11 is 0. The smallest absolute Gasteiger partial charge is 0.433 e. The van der Waals surface area contributed by atoms with Crippen LogP contribution in [0.2, 0.25) is 0 Å². The van der Waals surface area contributed by atoms with Crippen LogP contribution in [0.25, 0.3) is 0 Å². The van der Waals surface area contributed by atoms with Crippen LogP contribution in [0.5, 0.6) is 0 Å². The molecule has 0 bridgehead atoms. The van der Waals surface area contributed by atoms with Crippen molar-refractivity contribution in [2.24, 2.45) is 0 Å². The predicted octanol–water partition coefficient (Wildman–Crippen LogP) is 1.88. The Morgan fingerprint density at radius 3 is 2.50 bits per heavy atom. The van der Waals surface area contributed by atoms with E-state index in [1.165, 1.54) is 25.3 Å². The molecule has 1 atom stereocenters. The van der Waals surface area contributed by atoms with Gasteiger partial charge in [-0.3, -0.25) is 10.1 Å². The Kier molecular flexibility index (Phi) is 3.85. The van der Waals surface area contributed by atoms with E-state index in [1.54, 1.807) is 13.1 Å². The molecular formula is C12H12N2O6. The maximum Gasteiger partial charge on any atom is 0.433 e. The van der Waals surface area contributed by atoms with Crippen LogP contribution in [0.4, 0.5) is 5.88 Å². The number of ether oxygens (including phenoxy) is 1. The first-order valence-electron chi connectivity index (χ1n) is 5.66. The summed E-state index contributed by atoms with van der Waals surface area (Å²) in [6, 6.07) is 5.22. The summed E-state index contributed by atoms with van der Waals surface area (Å²) in [6.07, 6.45) is 0. The summed E-state index contributed by atoms with van der Waals surface area (Å²) in [5, 5.41) is 13.5. The molecule has 0 aliphatic heterocycles. The molecule has 1 N–H and O–H groups in total. The second-order valence-electron chi connectivity index (χ2n) is 3.85. The van der Waals surface area contributed by atoms with Crippen LogP contribution in [0.1, 0.15) is 28.1 Å². The Morgan fingerprint density at radius 1 is 1.30 bits per heavy atom. The number of carbonyl (C=O) groups is 1. The van der Waals surface area contributed by atoms with Gasteiger partial charge in [0, 0.05) is 0 Å². The van der Waals surface area contributed by atoms with Gasteiger partial charge in [-0.15, -0.1) is 0 Å². The molecule has 0 aromatic carbocycles. The van der Waals surface area contributed by atoms with E-state index in [0.29, 0.717) is 11.5 Å². The topological polar surface area (TPSA) is 108 Å². The second-order valence-corrected chi connectivity index (χ2v) is 3.85. The highest BCUT2D eigenvalue weighted by molar-refractivity contribution is 5.86.